The summed E-state index contributed by atoms with van der Waals surface area (Å²) >= 11 is 0. The molecule has 1 aliphatic rings. The van der Waals surface area contributed by atoms with E-state index < -0.39 is 17.8 Å². The first-order valence-electron chi connectivity index (χ1n) is 6.74. The minimum Gasteiger partial charge on any atom is -0.501 e. The number of rotatable bonds is 4. The van der Waals surface area contributed by atoms with Gasteiger partial charge in [-0.2, -0.15) is 13.2 Å². The summed E-state index contributed by atoms with van der Waals surface area (Å²) < 4.78 is 44.7. The molecule has 2 rings (SSSR count). The van der Waals surface area contributed by atoms with E-state index in [1.807, 2.05) is 6.92 Å². The number of hydrogen-bond acceptors (Lipinski definition) is 2. The minimum atomic E-state index is -4.35. The zero-order valence-electron chi connectivity index (χ0n) is 11.3. The van der Waals surface area contributed by atoms with E-state index in [0.29, 0.717) is 13.2 Å². The molecule has 0 fully saturated rings. The molecule has 5 heteroatoms. The van der Waals surface area contributed by atoms with Crippen LogP contribution in [0, 0.1) is 0 Å². The molecule has 2 nitrogen and oxygen atoms in total. The van der Waals surface area contributed by atoms with Gasteiger partial charge in [-0.3, -0.25) is 0 Å². The van der Waals surface area contributed by atoms with Crippen LogP contribution in [0.15, 0.2) is 36.1 Å². The average molecular weight is 285 g/mol. The van der Waals surface area contributed by atoms with Crippen LogP contribution in [0.5, 0.6) is 0 Å². The molecule has 1 unspecified atom stereocenters. The van der Waals surface area contributed by atoms with Gasteiger partial charge in [0.15, 0.2) is 0 Å². The molecule has 1 aliphatic heterocycles. The first-order chi connectivity index (χ1) is 9.54. The van der Waals surface area contributed by atoms with Crippen LogP contribution in [0.4, 0.5) is 13.2 Å². The molecule has 1 N–H and O–H groups in total. The lowest BCUT2D eigenvalue weighted by Gasteiger charge is -2.26. The minimum absolute atomic E-state index is 0.263. The lowest BCUT2D eigenvalue weighted by Crippen LogP contribution is -2.26. The van der Waals surface area contributed by atoms with E-state index in [-0.39, 0.29) is 5.56 Å². The first-order valence-corrected chi connectivity index (χ1v) is 6.74. The summed E-state index contributed by atoms with van der Waals surface area (Å²) in [5.74, 6) is 0. The third-order valence-electron chi connectivity index (χ3n) is 3.32. The number of hydrogen-bond donors (Lipinski definition) is 1. The summed E-state index contributed by atoms with van der Waals surface area (Å²) in [7, 11) is 0. The highest BCUT2D eigenvalue weighted by Crippen LogP contribution is 2.37. The van der Waals surface area contributed by atoms with Crippen LogP contribution in [-0.4, -0.2) is 13.2 Å². The molecule has 20 heavy (non-hydrogen) atoms. The van der Waals surface area contributed by atoms with Crippen molar-refractivity contribution >= 4 is 0 Å². The van der Waals surface area contributed by atoms with E-state index in [0.717, 1.165) is 24.5 Å². The number of ether oxygens (including phenoxy) is 1. The van der Waals surface area contributed by atoms with Gasteiger partial charge >= 0.3 is 6.18 Å². The predicted octanol–water partition coefficient (Wildman–Crippen LogP) is 4.05. The van der Waals surface area contributed by atoms with Crippen molar-refractivity contribution < 1.29 is 17.9 Å². The van der Waals surface area contributed by atoms with Crippen molar-refractivity contribution in [1.29, 1.82) is 0 Å². The Hall–Kier alpha value is -1.49. The summed E-state index contributed by atoms with van der Waals surface area (Å²) in [5, 5.41) is 3.13. The molecule has 0 aromatic heterocycles. The highest BCUT2D eigenvalue weighted by Gasteiger charge is 2.35. The molecular weight excluding hydrogens is 267 g/mol. The van der Waals surface area contributed by atoms with E-state index in [1.165, 1.54) is 12.1 Å². The van der Waals surface area contributed by atoms with Gasteiger partial charge < -0.3 is 10.1 Å². The summed E-state index contributed by atoms with van der Waals surface area (Å²) in [6.07, 6.45) is -1.16. The number of benzene rings is 1. The van der Waals surface area contributed by atoms with Crippen LogP contribution in [-0.2, 0) is 10.9 Å². The van der Waals surface area contributed by atoms with Crippen LogP contribution in [0.3, 0.4) is 0 Å². The van der Waals surface area contributed by atoms with E-state index in [2.05, 4.69) is 5.32 Å². The van der Waals surface area contributed by atoms with Crippen LogP contribution >= 0.6 is 0 Å². The van der Waals surface area contributed by atoms with Gasteiger partial charge in [-0.25, -0.2) is 0 Å². The molecule has 0 spiro atoms. The summed E-state index contributed by atoms with van der Waals surface area (Å²) in [6, 6.07) is 5.27. The second kappa shape index (κ2) is 6.31. The number of halogens is 3. The average Bonchev–Trinajstić information content (AvgIpc) is 2.45. The Kier molecular flexibility index (Phi) is 4.70. The Labute approximate surface area is 116 Å². The smallest absolute Gasteiger partial charge is 0.416 e. The number of likely N-dealkylation sites (N-methyl/N-ethyl adjacent to an activating group) is 1. The maximum Gasteiger partial charge on any atom is 0.416 e. The van der Waals surface area contributed by atoms with Crippen molar-refractivity contribution in [3.8, 4) is 0 Å². The highest BCUT2D eigenvalue weighted by molar-refractivity contribution is 5.37. The molecule has 0 saturated carbocycles. The van der Waals surface area contributed by atoms with Gasteiger partial charge in [0.1, 0.15) is 0 Å². The van der Waals surface area contributed by atoms with E-state index in [1.54, 1.807) is 12.3 Å². The normalized spacial score (nSPS) is 17.3. The van der Waals surface area contributed by atoms with E-state index in [4.69, 9.17) is 4.74 Å². The van der Waals surface area contributed by atoms with Gasteiger partial charge in [0, 0.05) is 0 Å². The van der Waals surface area contributed by atoms with Gasteiger partial charge in [0.05, 0.1) is 24.5 Å². The maximum atomic E-state index is 13.1. The second-order valence-electron chi connectivity index (χ2n) is 4.74. The van der Waals surface area contributed by atoms with Gasteiger partial charge in [-0.15, -0.1) is 0 Å². The first kappa shape index (κ1) is 14.9. The highest BCUT2D eigenvalue weighted by atomic mass is 19.4. The standard InChI is InChI=1S/C15H18F3NO/c1-2-19-14(11-6-5-9-20-10-11)12-7-3-4-8-13(12)15(16,17)18/h3-4,7-8,10,14,19H,2,5-6,9H2,1H3. The summed E-state index contributed by atoms with van der Waals surface area (Å²) in [5.41, 5.74) is 0.547. The van der Waals surface area contributed by atoms with Crippen molar-refractivity contribution in [3.63, 3.8) is 0 Å². The quantitative estimate of drug-likeness (QED) is 0.901. The zero-order valence-corrected chi connectivity index (χ0v) is 11.3. The molecule has 1 heterocycles. The zero-order chi connectivity index (χ0) is 14.6. The van der Waals surface area contributed by atoms with E-state index in [9.17, 15) is 13.2 Å². The van der Waals surface area contributed by atoms with Gasteiger partial charge in [-0.1, -0.05) is 25.1 Å². The Bertz CT molecular complexity index is 482. The van der Waals surface area contributed by atoms with Crippen LogP contribution in [0.2, 0.25) is 0 Å². The van der Waals surface area contributed by atoms with E-state index >= 15 is 0 Å². The molecule has 0 bridgehead atoms. The predicted molar refractivity (Wildman–Crippen MR) is 71.1 cm³/mol. The third-order valence-corrected chi connectivity index (χ3v) is 3.32. The maximum absolute atomic E-state index is 13.1. The number of alkyl halides is 3. The summed E-state index contributed by atoms with van der Waals surface area (Å²) in [4.78, 5) is 0. The lowest BCUT2D eigenvalue weighted by atomic mass is 9.91. The van der Waals surface area contributed by atoms with Crippen LogP contribution < -0.4 is 5.32 Å². The van der Waals surface area contributed by atoms with Gasteiger partial charge in [0.25, 0.3) is 0 Å². The molecule has 0 amide bonds. The molecule has 1 aromatic rings. The van der Waals surface area contributed by atoms with Gasteiger partial charge in [-0.05, 0) is 36.6 Å². The van der Waals surface area contributed by atoms with Crippen LogP contribution in [0.25, 0.3) is 0 Å². The second-order valence-corrected chi connectivity index (χ2v) is 4.74. The molecule has 110 valence electrons. The monoisotopic (exact) mass is 285 g/mol. The van der Waals surface area contributed by atoms with Crippen molar-refractivity contribution in [2.45, 2.75) is 32.0 Å². The SMILES string of the molecule is CCNC(C1=COCCC1)c1ccccc1C(F)(F)F. The molecular formula is C15H18F3NO. The Morgan fingerprint density at radius 3 is 2.65 bits per heavy atom. The summed E-state index contributed by atoms with van der Waals surface area (Å²) in [6.45, 7) is 3.10. The topological polar surface area (TPSA) is 21.3 Å². The fraction of sp³-hybridized carbons (Fsp3) is 0.467. The van der Waals surface area contributed by atoms with Crippen molar-refractivity contribution in [3.05, 3.63) is 47.2 Å². The van der Waals surface area contributed by atoms with Crippen LogP contribution in [0.1, 0.15) is 36.9 Å². The Morgan fingerprint density at radius 1 is 1.30 bits per heavy atom. The largest absolute Gasteiger partial charge is 0.501 e. The third kappa shape index (κ3) is 3.33. The van der Waals surface area contributed by atoms with Gasteiger partial charge in [0.2, 0.25) is 0 Å². The fourth-order valence-corrected chi connectivity index (χ4v) is 2.45. The Morgan fingerprint density at radius 2 is 2.05 bits per heavy atom. The lowest BCUT2D eigenvalue weighted by molar-refractivity contribution is -0.138. The molecule has 0 saturated heterocycles. The molecule has 0 radical (unpaired) electrons. The number of nitrogens with one attached hydrogen (secondary N) is 1. The fourth-order valence-electron chi connectivity index (χ4n) is 2.45. The molecule has 0 aliphatic carbocycles. The van der Waals surface area contributed by atoms with Crippen molar-refractivity contribution in [2.75, 3.05) is 13.2 Å². The Balaban J connectivity index is 2.41. The molecule has 1 atom stereocenters. The molecule has 1 aromatic carbocycles. The van der Waals surface area contributed by atoms with Crippen molar-refractivity contribution in [2.24, 2.45) is 0 Å². The van der Waals surface area contributed by atoms with Crippen molar-refractivity contribution in [1.82, 2.24) is 5.32 Å².